The number of halogens is 1. The second kappa shape index (κ2) is 10.0. The molecule has 1 aromatic carbocycles. The monoisotopic (exact) mass is 338 g/mol. The quantitative estimate of drug-likeness (QED) is 0.704. The third kappa shape index (κ3) is 7.08. The molecule has 0 aliphatic rings. The Balaban J connectivity index is 2.52. The smallest absolute Gasteiger partial charge is 0.242 e. The Morgan fingerprint density at radius 2 is 1.83 bits per heavy atom. The first-order chi connectivity index (χ1) is 11.3. The van der Waals surface area contributed by atoms with Crippen LogP contribution >= 0.6 is 0 Å². The van der Waals surface area contributed by atoms with Gasteiger partial charge in [0, 0.05) is 26.6 Å². The van der Waals surface area contributed by atoms with E-state index in [0.717, 1.165) is 5.56 Å². The van der Waals surface area contributed by atoms with Gasteiger partial charge in [-0.3, -0.25) is 9.59 Å². The summed E-state index contributed by atoms with van der Waals surface area (Å²) in [5.41, 5.74) is 0.775. The standard InChI is InChI=1S/C18H27FN2O3/c1-13(2)24-11-5-10-20-18(23)14(3)21(15(4)22)12-16-6-8-17(19)9-7-16/h6-9,13-14H,5,10-12H2,1-4H3,(H,20,23)/t14-/m0/s1. The molecule has 0 spiro atoms. The van der Waals surface area contributed by atoms with E-state index in [1.54, 1.807) is 19.1 Å². The molecule has 0 heterocycles. The molecule has 0 aliphatic heterocycles. The van der Waals surface area contributed by atoms with E-state index in [4.69, 9.17) is 4.74 Å². The van der Waals surface area contributed by atoms with Crippen molar-refractivity contribution < 1.29 is 18.7 Å². The van der Waals surface area contributed by atoms with Crippen molar-refractivity contribution in [3.05, 3.63) is 35.6 Å². The molecule has 0 aromatic heterocycles. The molecular weight excluding hydrogens is 311 g/mol. The zero-order chi connectivity index (χ0) is 18.1. The molecule has 0 aliphatic carbocycles. The molecule has 0 unspecified atom stereocenters. The summed E-state index contributed by atoms with van der Waals surface area (Å²) in [7, 11) is 0. The summed E-state index contributed by atoms with van der Waals surface area (Å²) in [6, 6.07) is 5.30. The second-order valence-corrected chi connectivity index (χ2v) is 6.01. The van der Waals surface area contributed by atoms with Crippen LogP contribution in [0.5, 0.6) is 0 Å². The van der Waals surface area contributed by atoms with Gasteiger partial charge in [0.25, 0.3) is 0 Å². The summed E-state index contributed by atoms with van der Waals surface area (Å²) in [6.45, 7) is 8.37. The fraction of sp³-hybridized carbons (Fsp3) is 0.556. The van der Waals surface area contributed by atoms with Crippen LogP contribution in [0.25, 0.3) is 0 Å². The summed E-state index contributed by atoms with van der Waals surface area (Å²) in [4.78, 5) is 25.6. The van der Waals surface area contributed by atoms with Gasteiger partial charge in [0.2, 0.25) is 11.8 Å². The molecule has 24 heavy (non-hydrogen) atoms. The predicted molar refractivity (Wildman–Crippen MR) is 90.8 cm³/mol. The third-order valence-electron chi connectivity index (χ3n) is 3.59. The number of rotatable bonds is 9. The fourth-order valence-electron chi connectivity index (χ4n) is 2.20. The van der Waals surface area contributed by atoms with Gasteiger partial charge in [-0.05, 0) is 44.9 Å². The minimum atomic E-state index is -0.599. The lowest BCUT2D eigenvalue weighted by Gasteiger charge is -2.27. The first kappa shape index (κ1) is 20.1. The number of carbonyl (C=O) groups excluding carboxylic acids is 2. The Hall–Kier alpha value is -1.95. The maximum absolute atomic E-state index is 13.0. The van der Waals surface area contributed by atoms with Crippen LogP contribution in [-0.2, 0) is 20.9 Å². The van der Waals surface area contributed by atoms with E-state index in [0.29, 0.717) is 19.6 Å². The van der Waals surface area contributed by atoms with E-state index in [1.807, 2.05) is 13.8 Å². The Morgan fingerprint density at radius 3 is 2.38 bits per heavy atom. The molecule has 1 aromatic rings. The van der Waals surface area contributed by atoms with Crippen molar-refractivity contribution in [2.45, 2.75) is 52.8 Å². The van der Waals surface area contributed by atoms with Crippen molar-refractivity contribution in [1.29, 1.82) is 0 Å². The largest absolute Gasteiger partial charge is 0.379 e. The molecule has 1 rings (SSSR count). The number of ether oxygens (including phenoxy) is 1. The number of hydrogen-bond acceptors (Lipinski definition) is 3. The molecule has 0 bridgehead atoms. The van der Waals surface area contributed by atoms with E-state index in [1.165, 1.54) is 24.0 Å². The maximum Gasteiger partial charge on any atom is 0.242 e. The zero-order valence-corrected chi connectivity index (χ0v) is 14.8. The number of nitrogens with one attached hydrogen (secondary N) is 1. The molecule has 0 radical (unpaired) electrons. The van der Waals surface area contributed by atoms with Crippen molar-refractivity contribution in [3.8, 4) is 0 Å². The molecule has 5 nitrogen and oxygen atoms in total. The molecule has 2 amide bonds. The number of benzene rings is 1. The van der Waals surface area contributed by atoms with E-state index in [-0.39, 0.29) is 30.3 Å². The van der Waals surface area contributed by atoms with Crippen LogP contribution in [0, 0.1) is 5.82 Å². The summed E-state index contributed by atoms with van der Waals surface area (Å²) >= 11 is 0. The van der Waals surface area contributed by atoms with Gasteiger partial charge in [0.15, 0.2) is 0 Å². The molecular formula is C18H27FN2O3. The number of carbonyl (C=O) groups is 2. The van der Waals surface area contributed by atoms with Gasteiger partial charge >= 0.3 is 0 Å². The van der Waals surface area contributed by atoms with Crippen molar-refractivity contribution >= 4 is 11.8 Å². The lowest BCUT2D eigenvalue weighted by Crippen LogP contribution is -2.47. The van der Waals surface area contributed by atoms with Crippen LogP contribution in [0.4, 0.5) is 4.39 Å². The van der Waals surface area contributed by atoms with Crippen LogP contribution in [0.2, 0.25) is 0 Å². The van der Waals surface area contributed by atoms with Crippen LogP contribution in [0.15, 0.2) is 24.3 Å². The van der Waals surface area contributed by atoms with E-state index in [2.05, 4.69) is 5.32 Å². The highest BCUT2D eigenvalue weighted by molar-refractivity contribution is 5.86. The van der Waals surface area contributed by atoms with Crippen LogP contribution in [-0.4, -0.2) is 42.0 Å². The van der Waals surface area contributed by atoms with Gasteiger partial charge in [0.05, 0.1) is 6.10 Å². The minimum absolute atomic E-state index is 0.170. The molecule has 134 valence electrons. The highest BCUT2D eigenvalue weighted by Crippen LogP contribution is 2.10. The average molecular weight is 338 g/mol. The zero-order valence-electron chi connectivity index (χ0n) is 14.8. The fourth-order valence-corrected chi connectivity index (χ4v) is 2.20. The van der Waals surface area contributed by atoms with Gasteiger partial charge in [0.1, 0.15) is 11.9 Å². The van der Waals surface area contributed by atoms with Gasteiger partial charge in [-0.15, -0.1) is 0 Å². The van der Waals surface area contributed by atoms with Crippen molar-refractivity contribution in [2.24, 2.45) is 0 Å². The first-order valence-corrected chi connectivity index (χ1v) is 8.22. The summed E-state index contributed by atoms with van der Waals surface area (Å²) in [6.07, 6.45) is 0.887. The first-order valence-electron chi connectivity index (χ1n) is 8.22. The predicted octanol–water partition coefficient (Wildman–Crippen LogP) is 2.49. The third-order valence-corrected chi connectivity index (χ3v) is 3.59. The Bertz CT molecular complexity index is 532. The molecule has 1 atom stereocenters. The average Bonchev–Trinajstić information content (AvgIpc) is 2.52. The number of nitrogens with zero attached hydrogens (tertiary/aromatic N) is 1. The van der Waals surface area contributed by atoms with Crippen LogP contribution in [0.3, 0.4) is 0 Å². The van der Waals surface area contributed by atoms with Crippen molar-refractivity contribution in [1.82, 2.24) is 10.2 Å². The minimum Gasteiger partial charge on any atom is -0.379 e. The molecule has 0 saturated heterocycles. The van der Waals surface area contributed by atoms with Crippen molar-refractivity contribution in [3.63, 3.8) is 0 Å². The Morgan fingerprint density at radius 1 is 1.21 bits per heavy atom. The van der Waals surface area contributed by atoms with Crippen LogP contribution < -0.4 is 5.32 Å². The van der Waals surface area contributed by atoms with Gasteiger partial charge < -0.3 is 15.0 Å². The number of amides is 2. The SMILES string of the molecule is CC(=O)N(Cc1ccc(F)cc1)[C@@H](C)C(=O)NCCCOC(C)C. The maximum atomic E-state index is 13.0. The van der Waals surface area contributed by atoms with Gasteiger partial charge in [-0.25, -0.2) is 4.39 Å². The molecule has 0 saturated carbocycles. The number of hydrogen-bond donors (Lipinski definition) is 1. The summed E-state index contributed by atoms with van der Waals surface area (Å²) in [5.74, 6) is -0.746. The van der Waals surface area contributed by atoms with E-state index in [9.17, 15) is 14.0 Å². The lowest BCUT2D eigenvalue weighted by atomic mass is 10.1. The highest BCUT2D eigenvalue weighted by atomic mass is 19.1. The topological polar surface area (TPSA) is 58.6 Å². The van der Waals surface area contributed by atoms with E-state index >= 15 is 0 Å². The highest BCUT2D eigenvalue weighted by Gasteiger charge is 2.23. The Labute approximate surface area is 143 Å². The van der Waals surface area contributed by atoms with Gasteiger partial charge in [-0.1, -0.05) is 12.1 Å². The van der Waals surface area contributed by atoms with Gasteiger partial charge in [-0.2, -0.15) is 0 Å². The van der Waals surface area contributed by atoms with Crippen LogP contribution in [0.1, 0.15) is 39.7 Å². The summed E-state index contributed by atoms with van der Waals surface area (Å²) in [5, 5.41) is 2.81. The van der Waals surface area contributed by atoms with E-state index < -0.39 is 6.04 Å². The molecule has 6 heteroatoms. The Kier molecular flexibility index (Phi) is 8.40. The normalized spacial score (nSPS) is 12.1. The molecule has 0 fully saturated rings. The molecule has 1 N–H and O–H groups in total. The second-order valence-electron chi connectivity index (χ2n) is 6.01. The lowest BCUT2D eigenvalue weighted by molar-refractivity contribution is -0.139. The summed E-state index contributed by atoms with van der Waals surface area (Å²) < 4.78 is 18.4. The van der Waals surface area contributed by atoms with Crippen molar-refractivity contribution in [2.75, 3.05) is 13.2 Å².